The molecule has 2 atom stereocenters. The number of hydrogen-bond acceptors (Lipinski definition) is 6. The summed E-state index contributed by atoms with van der Waals surface area (Å²) in [6.45, 7) is 5.74. The van der Waals surface area contributed by atoms with E-state index in [1.54, 1.807) is 20.8 Å². The van der Waals surface area contributed by atoms with Gasteiger partial charge in [0.25, 0.3) is 0 Å². The Morgan fingerprint density at radius 1 is 0.821 bits per heavy atom. The maximum atomic E-state index is 13.2. The monoisotopic (exact) mass is 559 g/mol. The third kappa shape index (κ3) is 13.2. The zero-order chi connectivity index (χ0) is 28.7. The van der Waals surface area contributed by atoms with Gasteiger partial charge in [-0.25, -0.2) is 9.59 Å². The van der Waals surface area contributed by atoms with Crippen molar-refractivity contribution >= 4 is 35.5 Å². The average molecular weight is 560 g/mol. The van der Waals surface area contributed by atoms with Crippen LogP contribution in [0.25, 0.3) is 0 Å². The number of rotatable bonds is 14. The number of halogens is 1. The van der Waals surface area contributed by atoms with Crippen molar-refractivity contribution in [1.82, 2.24) is 16.0 Å². The highest BCUT2D eigenvalue weighted by Crippen LogP contribution is 2.09. The van der Waals surface area contributed by atoms with Crippen LogP contribution >= 0.6 is 11.6 Å². The van der Waals surface area contributed by atoms with Gasteiger partial charge in [-0.1, -0.05) is 60.7 Å². The number of hydrogen-bond donors (Lipinski definition) is 3. The molecule has 39 heavy (non-hydrogen) atoms. The van der Waals surface area contributed by atoms with Crippen LogP contribution in [0.3, 0.4) is 0 Å². The molecule has 0 bridgehead atoms. The Labute approximate surface area is 235 Å². The minimum Gasteiger partial charge on any atom is -0.445 e. The van der Waals surface area contributed by atoms with Gasteiger partial charge < -0.3 is 25.4 Å². The summed E-state index contributed by atoms with van der Waals surface area (Å²) < 4.78 is 10.5. The van der Waals surface area contributed by atoms with Gasteiger partial charge in [0.05, 0.1) is 11.9 Å². The van der Waals surface area contributed by atoms with Gasteiger partial charge in [0.2, 0.25) is 5.91 Å². The van der Waals surface area contributed by atoms with Gasteiger partial charge in [-0.15, -0.1) is 11.6 Å². The third-order valence-corrected chi connectivity index (χ3v) is 5.79. The topological polar surface area (TPSA) is 123 Å². The number of alkyl halides is 1. The Hall–Kier alpha value is -3.59. The first-order valence-electron chi connectivity index (χ1n) is 12.9. The van der Waals surface area contributed by atoms with Crippen molar-refractivity contribution < 1.29 is 28.7 Å². The molecule has 2 aromatic carbocycles. The van der Waals surface area contributed by atoms with E-state index in [9.17, 15) is 19.2 Å². The lowest BCUT2D eigenvalue weighted by Gasteiger charge is -2.23. The SMILES string of the molecule is CC(C)(C)OC(=O)NCCCC[C@H](NC(=O)[C@H](Cc1ccccc1)NC(=O)OCc1ccccc1)C(=O)CCl. The van der Waals surface area contributed by atoms with Gasteiger partial charge in [0.1, 0.15) is 18.2 Å². The van der Waals surface area contributed by atoms with Crippen LogP contribution < -0.4 is 16.0 Å². The molecule has 0 radical (unpaired) electrons. The summed E-state index contributed by atoms with van der Waals surface area (Å²) in [5.41, 5.74) is 1.05. The summed E-state index contributed by atoms with van der Waals surface area (Å²) in [6.07, 6.45) is 0.373. The van der Waals surface area contributed by atoms with Crippen molar-refractivity contribution in [3.05, 3.63) is 71.8 Å². The first kappa shape index (κ1) is 31.6. The molecule has 2 rings (SSSR count). The molecule has 3 N–H and O–H groups in total. The molecule has 0 spiro atoms. The Morgan fingerprint density at radius 2 is 1.44 bits per heavy atom. The highest BCUT2D eigenvalue weighted by atomic mass is 35.5. The Kier molecular flexibility index (Phi) is 13.3. The second-order valence-electron chi connectivity index (χ2n) is 10.0. The van der Waals surface area contributed by atoms with E-state index in [0.717, 1.165) is 11.1 Å². The van der Waals surface area contributed by atoms with Crippen LogP contribution in [-0.4, -0.2) is 54.0 Å². The zero-order valence-corrected chi connectivity index (χ0v) is 23.5. The lowest BCUT2D eigenvalue weighted by atomic mass is 10.0. The molecule has 0 aromatic heterocycles. The number of benzene rings is 2. The maximum absolute atomic E-state index is 13.2. The fourth-order valence-electron chi connectivity index (χ4n) is 3.62. The molecule has 0 aliphatic carbocycles. The summed E-state index contributed by atoms with van der Waals surface area (Å²) in [4.78, 5) is 50.1. The predicted molar refractivity (Wildman–Crippen MR) is 149 cm³/mol. The number of Topliss-reactive ketones (excluding diaryl/α,β-unsaturated/α-hetero) is 1. The summed E-state index contributed by atoms with van der Waals surface area (Å²) in [5, 5.41) is 8.04. The van der Waals surface area contributed by atoms with E-state index in [-0.39, 0.29) is 24.7 Å². The molecule has 3 amide bonds. The van der Waals surface area contributed by atoms with Gasteiger partial charge in [0, 0.05) is 13.0 Å². The van der Waals surface area contributed by atoms with Gasteiger partial charge >= 0.3 is 12.2 Å². The molecule has 9 nitrogen and oxygen atoms in total. The van der Waals surface area contributed by atoms with Crippen LogP contribution in [0, 0.1) is 0 Å². The van der Waals surface area contributed by atoms with Crippen LogP contribution in [0.1, 0.15) is 51.2 Å². The van der Waals surface area contributed by atoms with Crippen molar-refractivity contribution in [2.45, 2.75) is 70.7 Å². The largest absolute Gasteiger partial charge is 0.445 e. The van der Waals surface area contributed by atoms with Crippen LogP contribution in [0.15, 0.2) is 60.7 Å². The third-order valence-electron chi connectivity index (χ3n) is 5.53. The number of alkyl carbamates (subject to hydrolysis) is 2. The number of unbranched alkanes of at least 4 members (excludes halogenated alkanes) is 1. The molecule has 10 heteroatoms. The number of amides is 3. The smallest absolute Gasteiger partial charge is 0.408 e. The van der Waals surface area contributed by atoms with Gasteiger partial charge in [-0.2, -0.15) is 0 Å². The van der Waals surface area contributed by atoms with Crippen LogP contribution in [0.5, 0.6) is 0 Å². The van der Waals surface area contributed by atoms with Crippen molar-refractivity contribution in [3.63, 3.8) is 0 Å². The number of carbonyl (C=O) groups excluding carboxylic acids is 4. The number of nitrogens with one attached hydrogen (secondary N) is 3. The molecule has 0 aliphatic rings. The zero-order valence-electron chi connectivity index (χ0n) is 22.7. The lowest BCUT2D eigenvalue weighted by molar-refractivity contribution is -0.128. The van der Waals surface area contributed by atoms with Crippen molar-refractivity contribution in [2.24, 2.45) is 0 Å². The van der Waals surface area contributed by atoms with Gasteiger partial charge in [-0.05, 0) is 51.2 Å². The summed E-state index contributed by atoms with van der Waals surface area (Å²) >= 11 is 5.80. The van der Waals surface area contributed by atoms with E-state index in [4.69, 9.17) is 21.1 Å². The second-order valence-corrected chi connectivity index (χ2v) is 10.3. The quantitative estimate of drug-likeness (QED) is 0.231. The lowest BCUT2D eigenvalue weighted by Crippen LogP contribution is -2.52. The van der Waals surface area contributed by atoms with Crippen LogP contribution in [0.2, 0.25) is 0 Å². The molecular weight excluding hydrogens is 522 g/mol. The Bertz CT molecular complexity index is 1060. The van der Waals surface area contributed by atoms with E-state index < -0.39 is 35.8 Å². The molecule has 0 fully saturated rings. The fraction of sp³-hybridized carbons (Fsp3) is 0.448. The predicted octanol–water partition coefficient (Wildman–Crippen LogP) is 4.51. The van der Waals surface area contributed by atoms with Crippen LogP contribution in [0.4, 0.5) is 9.59 Å². The van der Waals surface area contributed by atoms with Crippen molar-refractivity contribution in [1.29, 1.82) is 0 Å². The molecule has 0 saturated heterocycles. The second kappa shape index (κ2) is 16.4. The number of carbonyl (C=O) groups is 4. The number of ketones is 1. The molecule has 0 unspecified atom stereocenters. The molecule has 0 saturated carbocycles. The highest BCUT2D eigenvalue weighted by Gasteiger charge is 2.27. The molecule has 2 aromatic rings. The van der Waals surface area contributed by atoms with E-state index >= 15 is 0 Å². The summed E-state index contributed by atoms with van der Waals surface area (Å²) in [7, 11) is 0. The van der Waals surface area contributed by atoms with Crippen molar-refractivity contribution in [3.8, 4) is 0 Å². The maximum Gasteiger partial charge on any atom is 0.408 e. The standard InChI is InChI=1S/C29H38ClN3O6/c1-29(2,3)39-27(36)31-17-11-10-16-23(25(34)19-30)32-26(35)24(18-21-12-6-4-7-13-21)33-28(37)38-20-22-14-8-5-9-15-22/h4-9,12-15,23-24H,10-11,16-20H2,1-3H3,(H,31,36)(H,32,35)(H,33,37)/t23-,24-/m0/s1. The van der Waals surface area contributed by atoms with E-state index in [2.05, 4.69) is 16.0 Å². The Balaban J connectivity index is 1.96. The Morgan fingerprint density at radius 3 is 2.03 bits per heavy atom. The highest BCUT2D eigenvalue weighted by molar-refractivity contribution is 6.28. The normalized spacial score (nSPS) is 12.5. The minimum absolute atomic E-state index is 0.0526. The summed E-state index contributed by atoms with van der Waals surface area (Å²) in [6, 6.07) is 16.6. The minimum atomic E-state index is -0.977. The molecule has 212 valence electrons. The molecular formula is C29H38ClN3O6. The first-order chi connectivity index (χ1) is 18.6. The first-order valence-corrected chi connectivity index (χ1v) is 13.5. The van der Waals surface area contributed by atoms with E-state index in [1.165, 1.54) is 0 Å². The van der Waals surface area contributed by atoms with E-state index in [0.29, 0.717) is 25.8 Å². The van der Waals surface area contributed by atoms with Crippen LogP contribution in [-0.2, 0) is 32.1 Å². The van der Waals surface area contributed by atoms with E-state index in [1.807, 2.05) is 60.7 Å². The van der Waals surface area contributed by atoms with Crippen molar-refractivity contribution in [2.75, 3.05) is 12.4 Å². The molecule has 0 aliphatic heterocycles. The number of ether oxygens (including phenoxy) is 2. The summed E-state index contributed by atoms with van der Waals surface area (Å²) in [5.74, 6) is -1.13. The van der Waals surface area contributed by atoms with Gasteiger partial charge in [-0.3, -0.25) is 9.59 Å². The average Bonchev–Trinajstić information content (AvgIpc) is 2.90. The van der Waals surface area contributed by atoms with Gasteiger partial charge in [0.15, 0.2) is 5.78 Å². The molecule has 0 heterocycles. The fourth-order valence-corrected chi connectivity index (χ4v) is 3.81.